The van der Waals surface area contributed by atoms with Crippen molar-refractivity contribution in [2.24, 2.45) is 0 Å². The van der Waals surface area contributed by atoms with Crippen LogP contribution in [0, 0.1) is 0 Å². The third kappa shape index (κ3) is 14.8. The van der Waals surface area contributed by atoms with E-state index in [1.54, 1.807) is 18.0 Å². The maximum atomic E-state index is 12.6. The second-order valence-corrected chi connectivity index (χ2v) is 11.9. The molecular weight excluding hydrogens is 620 g/mol. The van der Waals surface area contributed by atoms with Gasteiger partial charge < -0.3 is 9.64 Å². The number of unbranched alkanes of at least 4 members (excludes halogenated alkanes) is 13. The first kappa shape index (κ1) is 36.8. The fraction of sp³-hybridized carbons (Fsp3) is 0.514. The van der Waals surface area contributed by atoms with Crippen LogP contribution in [-0.4, -0.2) is 17.5 Å². The number of ether oxygens (including phenoxy) is 1. The molecule has 43 heavy (non-hydrogen) atoms. The number of hydrogen-bond acceptors (Lipinski definition) is 3. The summed E-state index contributed by atoms with van der Waals surface area (Å²) in [7, 11) is 0. The summed E-state index contributed by atoms with van der Waals surface area (Å²) in [5, 5.41) is 0.590. The van der Waals surface area contributed by atoms with Crippen molar-refractivity contribution in [3.8, 4) is 5.75 Å². The first-order chi connectivity index (χ1) is 20.6. The number of anilines is 1. The zero-order valence-electron chi connectivity index (χ0n) is 26.4. The average Bonchev–Trinajstić information content (AvgIpc) is 2.99. The molecule has 0 aliphatic rings. The van der Waals surface area contributed by atoms with Crippen LogP contribution in [0.4, 0.5) is 5.69 Å². The molecule has 2 aromatic carbocycles. The molecule has 0 fully saturated rings. The zero-order valence-corrected chi connectivity index (χ0v) is 28.8. The molecule has 1 amide bonds. The zero-order chi connectivity index (χ0) is 29.8. The summed E-state index contributed by atoms with van der Waals surface area (Å²) in [6.07, 6.45) is 23.2. The number of carbonyl (C=O) groups is 1. The molecule has 0 aliphatic carbocycles. The maximum Gasteiger partial charge on any atom is 0.224 e. The number of aromatic nitrogens is 1. The van der Waals surface area contributed by atoms with Crippen molar-refractivity contribution in [3.05, 3.63) is 88.7 Å². The van der Waals surface area contributed by atoms with E-state index in [0.717, 1.165) is 35.2 Å². The van der Waals surface area contributed by atoms with E-state index in [2.05, 4.69) is 30.1 Å². The molecule has 6 heteroatoms. The Kier molecular flexibility index (Phi) is 19.0. The van der Waals surface area contributed by atoms with Crippen LogP contribution in [0.15, 0.2) is 67.0 Å². The first-order valence-corrected chi connectivity index (χ1v) is 16.6. The topological polar surface area (TPSA) is 42.4 Å². The molecule has 3 aromatic rings. The molecule has 0 unspecified atom stereocenters. The molecule has 0 saturated heterocycles. The Labute approximate surface area is 276 Å². The molecule has 1 heterocycles. The first-order valence-electron chi connectivity index (χ1n) is 16.2. The number of rotatable bonds is 21. The van der Waals surface area contributed by atoms with E-state index in [9.17, 15) is 4.79 Å². The fourth-order valence-electron chi connectivity index (χ4n) is 5.38. The molecule has 4 nitrogen and oxygen atoms in total. The Bertz CT molecular complexity index is 1170. The number of carbonyl (C=O) groups excluding carboxylic acids is 1. The molecule has 0 N–H and O–H groups in total. The van der Waals surface area contributed by atoms with Crippen molar-refractivity contribution in [1.29, 1.82) is 0 Å². The third-order valence-corrected chi connectivity index (χ3v) is 8.12. The molecule has 0 bridgehead atoms. The maximum absolute atomic E-state index is 12.6. The normalized spacial score (nSPS) is 10.8. The average molecular weight is 672 g/mol. The van der Waals surface area contributed by atoms with Crippen LogP contribution in [0.2, 0.25) is 5.02 Å². The Balaban J connectivity index is 0.00000645. The summed E-state index contributed by atoms with van der Waals surface area (Å²) < 4.78 is 5.99. The van der Waals surface area contributed by atoms with Crippen LogP contribution < -0.4 is 9.64 Å². The van der Waals surface area contributed by atoms with Crippen molar-refractivity contribution in [2.45, 2.75) is 117 Å². The van der Waals surface area contributed by atoms with Gasteiger partial charge in [0.05, 0.1) is 18.2 Å². The van der Waals surface area contributed by atoms with Crippen molar-refractivity contribution >= 4 is 40.2 Å². The largest absolute Gasteiger partial charge is 0.492 e. The highest BCUT2D eigenvalue weighted by atomic mass is 79.9. The summed E-state index contributed by atoms with van der Waals surface area (Å²) in [6.45, 7) is 5.01. The van der Waals surface area contributed by atoms with Crippen molar-refractivity contribution in [1.82, 2.24) is 4.98 Å². The van der Waals surface area contributed by atoms with Gasteiger partial charge in [-0.05, 0) is 59.9 Å². The van der Waals surface area contributed by atoms with E-state index in [4.69, 9.17) is 16.3 Å². The number of nitrogens with zero attached hydrogens (tertiary/aromatic N) is 2. The van der Waals surface area contributed by atoms with Gasteiger partial charge in [0.25, 0.3) is 0 Å². The van der Waals surface area contributed by atoms with Gasteiger partial charge in [0, 0.05) is 25.0 Å². The fourth-order valence-corrected chi connectivity index (χ4v) is 5.64. The van der Waals surface area contributed by atoms with Gasteiger partial charge in [-0.2, -0.15) is 0 Å². The van der Waals surface area contributed by atoms with Gasteiger partial charge in [0.2, 0.25) is 5.91 Å². The molecular formula is C37H52BrClN2O2. The van der Waals surface area contributed by atoms with Crippen LogP contribution >= 0.6 is 28.6 Å². The van der Waals surface area contributed by atoms with Crippen LogP contribution in [-0.2, 0) is 17.8 Å². The highest BCUT2D eigenvalue weighted by Crippen LogP contribution is 2.28. The lowest BCUT2D eigenvalue weighted by atomic mass is 10.0. The van der Waals surface area contributed by atoms with Crippen molar-refractivity contribution in [2.75, 3.05) is 11.5 Å². The van der Waals surface area contributed by atoms with E-state index < -0.39 is 0 Å². The molecule has 0 aliphatic heterocycles. The minimum absolute atomic E-state index is 0. The molecule has 0 spiro atoms. The summed E-state index contributed by atoms with van der Waals surface area (Å²) >= 11 is 6.58. The standard InChI is InChI=1S/C37H51ClN2O2.BrH/c1-3-4-5-6-7-8-9-10-11-12-13-14-15-16-25-42-37-23-22-34(28-36(37)38)30-40(31(2)41)35-21-17-19-32(27-35)26-33-20-18-24-39-29-33;/h17-24,27-29H,3-16,25-26,30H2,1-2H3;1H. The Morgan fingerprint density at radius 2 is 1.40 bits per heavy atom. The Hall–Kier alpha value is -2.37. The lowest BCUT2D eigenvalue weighted by molar-refractivity contribution is -0.116. The molecule has 236 valence electrons. The van der Waals surface area contributed by atoms with Gasteiger partial charge in [-0.3, -0.25) is 9.78 Å². The second kappa shape index (κ2) is 22.2. The summed E-state index contributed by atoms with van der Waals surface area (Å²) in [4.78, 5) is 18.6. The lowest BCUT2D eigenvalue weighted by Crippen LogP contribution is -2.27. The van der Waals surface area contributed by atoms with E-state index in [1.165, 1.54) is 83.5 Å². The van der Waals surface area contributed by atoms with Gasteiger partial charge in [0.1, 0.15) is 5.75 Å². The minimum atomic E-state index is -0.0113. The number of benzene rings is 2. The van der Waals surface area contributed by atoms with Crippen LogP contribution in [0.5, 0.6) is 5.75 Å². The molecule has 1 aromatic heterocycles. The Morgan fingerprint density at radius 3 is 1.98 bits per heavy atom. The third-order valence-electron chi connectivity index (χ3n) is 7.83. The number of hydrogen-bond donors (Lipinski definition) is 0. The van der Waals surface area contributed by atoms with Crippen molar-refractivity contribution < 1.29 is 9.53 Å². The lowest BCUT2D eigenvalue weighted by Gasteiger charge is -2.22. The van der Waals surface area contributed by atoms with Gasteiger partial charge in [-0.15, -0.1) is 17.0 Å². The van der Waals surface area contributed by atoms with E-state index in [0.29, 0.717) is 23.9 Å². The Morgan fingerprint density at radius 1 is 0.767 bits per heavy atom. The molecule has 0 atom stereocenters. The van der Waals surface area contributed by atoms with Crippen LogP contribution in [0.1, 0.15) is 120 Å². The summed E-state index contributed by atoms with van der Waals surface area (Å²) in [6, 6.07) is 18.0. The van der Waals surface area contributed by atoms with Crippen molar-refractivity contribution in [3.63, 3.8) is 0 Å². The number of amides is 1. The minimum Gasteiger partial charge on any atom is -0.492 e. The monoisotopic (exact) mass is 670 g/mol. The van der Waals surface area contributed by atoms with E-state index in [-0.39, 0.29) is 22.9 Å². The number of pyridine rings is 1. The number of halogens is 2. The van der Waals surface area contributed by atoms with Gasteiger partial charge in [-0.25, -0.2) is 0 Å². The van der Waals surface area contributed by atoms with E-state index >= 15 is 0 Å². The van der Waals surface area contributed by atoms with Gasteiger partial charge in [-0.1, -0.05) is 126 Å². The van der Waals surface area contributed by atoms with Crippen LogP contribution in [0.25, 0.3) is 0 Å². The van der Waals surface area contributed by atoms with Gasteiger partial charge >= 0.3 is 0 Å². The smallest absolute Gasteiger partial charge is 0.224 e. The molecule has 3 rings (SSSR count). The second-order valence-electron chi connectivity index (χ2n) is 11.5. The highest BCUT2D eigenvalue weighted by Gasteiger charge is 2.14. The SMILES string of the molecule is Br.CCCCCCCCCCCCCCCCOc1ccc(CN(C(C)=O)c2cccc(Cc3cccnc3)c2)cc1Cl. The van der Waals surface area contributed by atoms with Crippen LogP contribution in [0.3, 0.4) is 0 Å². The quantitative estimate of drug-likeness (QED) is 0.106. The molecule has 0 saturated carbocycles. The van der Waals surface area contributed by atoms with Gasteiger partial charge in [0.15, 0.2) is 0 Å². The predicted octanol–water partition coefficient (Wildman–Crippen LogP) is 11.3. The van der Waals surface area contributed by atoms with E-state index in [1.807, 2.05) is 42.6 Å². The highest BCUT2D eigenvalue weighted by molar-refractivity contribution is 8.93. The molecule has 0 radical (unpaired) electrons. The predicted molar refractivity (Wildman–Crippen MR) is 188 cm³/mol. The summed E-state index contributed by atoms with van der Waals surface area (Å²) in [5.74, 6) is 0.700. The summed E-state index contributed by atoms with van der Waals surface area (Å²) in [5.41, 5.74) is 4.12.